The van der Waals surface area contributed by atoms with E-state index in [1.807, 2.05) is 11.8 Å². The molecule has 0 aromatic heterocycles. The van der Waals surface area contributed by atoms with E-state index in [9.17, 15) is 9.59 Å². The normalized spacial score (nSPS) is 35.8. The highest BCUT2D eigenvalue weighted by Gasteiger charge is 2.55. The fourth-order valence-corrected chi connectivity index (χ4v) is 2.91. The highest BCUT2D eigenvalue weighted by molar-refractivity contribution is 5.98. The molecular weight excluding hydrogens is 216 g/mol. The molecule has 4 nitrogen and oxygen atoms in total. The zero-order valence-corrected chi connectivity index (χ0v) is 10.5. The predicted octanol–water partition coefficient (Wildman–Crippen LogP) is 1.05. The van der Waals surface area contributed by atoms with Gasteiger partial charge in [-0.15, -0.1) is 0 Å². The molecular formula is C13H20N2O2. The van der Waals surface area contributed by atoms with Crippen LogP contribution < -0.4 is 5.32 Å². The molecule has 4 heteroatoms. The molecule has 0 radical (unpaired) electrons. The van der Waals surface area contributed by atoms with Crippen molar-refractivity contribution >= 4 is 11.8 Å². The number of hydrogen-bond donors (Lipinski definition) is 1. The van der Waals surface area contributed by atoms with Gasteiger partial charge in [0.2, 0.25) is 11.8 Å². The van der Waals surface area contributed by atoms with E-state index in [-0.39, 0.29) is 29.4 Å². The molecule has 3 fully saturated rings. The molecule has 2 saturated carbocycles. The molecule has 0 aromatic rings. The number of rotatable bonds is 3. The van der Waals surface area contributed by atoms with Gasteiger partial charge in [-0.3, -0.25) is 9.59 Å². The first kappa shape index (κ1) is 11.1. The van der Waals surface area contributed by atoms with Gasteiger partial charge in [-0.05, 0) is 44.9 Å². The van der Waals surface area contributed by atoms with E-state index in [1.54, 1.807) is 0 Å². The largest absolute Gasteiger partial charge is 0.342 e. The lowest BCUT2D eigenvalue weighted by molar-refractivity contribution is -0.153. The summed E-state index contributed by atoms with van der Waals surface area (Å²) in [5.41, 5.74) is -0.0390. The van der Waals surface area contributed by atoms with Gasteiger partial charge >= 0.3 is 0 Å². The first-order chi connectivity index (χ1) is 8.07. The highest BCUT2D eigenvalue weighted by Crippen LogP contribution is 2.45. The van der Waals surface area contributed by atoms with Crippen molar-refractivity contribution in [3.63, 3.8) is 0 Å². The summed E-state index contributed by atoms with van der Waals surface area (Å²) in [5, 5.41) is 2.93. The van der Waals surface area contributed by atoms with Crippen molar-refractivity contribution in [2.24, 2.45) is 5.92 Å². The predicted molar refractivity (Wildman–Crippen MR) is 63.2 cm³/mol. The highest BCUT2D eigenvalue weighted by atomic mass is 16.2. The number of nitrogens with zero attached hydrogens (tertiary/aromatic N) is 1. The Kier molecular flexibility index (Phi) is 2.25. The third kappa shape index (κ3) is 1.65. The Morgan fingerprint density at radius 1 is 1.35 bits per heavy atom. The van der Waals surface area contributed by atoms with Crippen molar-refractivity contribution in [2.75, 3.05) is 0 Å². The Morgan fingerprint density at radius 2 is 2.00 bits per heavy atom. The van der Waals surface area contributed by atoms with E-state index in [2.05, 4.69) is 12.2 Å². The smallest absolute Gasteiger partial charge is 0.246 e. The van der Waals surface area contributed by atoms with Gasteiger partial charge in [0.05, 0.1) is 0 Å². The minimum Gasteiger partial charge on any atom is -0.342 e. The summed E-state index contributed by atoms with van der Waals surface area (Å²) in [6.07, 6.45) is 4.96. The van der Waals surface area contributed by atoms with E-state index >= 15 is 0 Å². The van der Waals surface area contributed by atoms with Crippen LogP contribution in [0, 0.1) is 5.92 Å². The van der Waals surface area contributed by atoms with Crippen LogP contribution in [0.4, 0.5) is 0 Å². The maximum Gasteiger partial charge on any atom is 0.246 e. The molecule has 2 aliphatic carbocycles. The van der Waals surface area contributed by atoms with Crippen molar-refractivity contribution in [1.29, 1.82) is 0 Å². The Balaban J connectivity index is 1.89. The van der Waals surface area contributed by atoms with Crippen LogP contribution in [0.15, 0.2) is 0 Å². The second-order valence-electron chi connectivity index (χ2n) is 5.95. The Labute approximate surface area is 102 Å². The zero-order valence-electron chi connectivity index (χ0n) is 10.5. The molecule has 1 aliphatic heterocycles. The SMILES string of the molecule is CCC1C(=O)NC(C2CC2)C(=O)N1C1(C)CC1. The molecule has 0 spiro atoms. The van der Waals surface area contributed by atoms with E-state index in [1.165, 1.54) is 0 Å². The number of nitrogens with one attached hydrogen (secondary N) is 1. The number of carbonyl (C=O) groups is 2. The summed E-state index contributed by atoms with van der Waals surface area (Å²) < 4.78 is 0. The van der Waals surface area contributed by atoms with E-state index in [0.717, 1.165) is 25.7 Å². The Bertz CT molecular complexity index is 372. The van der Waals surface area contributed by atoms with Crippen LogP contribution in [-0.4, -0.2) is 34.3 Å². The van der Waals surface area contributed by atoms with Crippen LogP contribution in [-0.2, 0) is 9.59 Å². The Morgan fingerprint density at radius 3 is 2.47 bits per heavy atom. The standard InChI is InChI=1S/C13H20N2O2/c1-3-9-11(16)14-10(8-4-5-8)12(17)15(9)13(2)6-7-13/h8-10H,3-7H2,1-2H3,(H,14,16). The minimum absolute atomic E-state index is 0.0390. The number of piperazine rings is 1. The molecule has 1 heterocycles. The van der Waals surface area contributed by atoms with E-state index < -0.39 is 0 Å². The monoisotopic (exact) mass is 236 g/mol. The van der Waals surface area contributed by atoms with Gasteiger partial charge in [0.15, 0.2) is 0 Å². The molecule has 94 valence electrons. The molecule has 2 amide bonds. The fourth-order valence-electron chi connectivity index (χ4n) is 2.91. The van der Waals surface area contributed by atoms with Gasteiger partial charge in [-0.1, -0.05) is 6.92 Å². The number of carbonyl (C=O) groups excluding carboxylic acids is 2. The number of amides is 2. The molecule has 3 aliphatic rings. The van der Waals surface area contributed by atoms with E-state index in [4.69, 9.17) is 0 Å². The van der Waals surface area contributed by atoms with Crippen LogP contribution in [0.1, 0.15) is 46.0 Å². The van der Waals surface area contributed by atoms with Crippen molar-refractivity contribution in [2.45, 2.75) is 63.6 Å². The quantitative estimate of drug-likeness (QED) is 0.796. The van der Waals surface area contributed by atoms with Crippen molar-refractivity contribution in [1.82, 2.24) is 10.2 Å². The second kappa shape index (κ2) is 3.47. The van der Waals surface area contributed by atoms with E-state index in [0.29, 0.717) is 12.3 Å². The average Bonchev–Trinajstić information content (AvgIpc) is 3.16. The van der Waals surface area contributed by atoms with Gasteiger partial charge < -0.3 is 10.2 Å². The van der Waals surface area contributed by atoms with Gasteiger partial charge in [-0.25, -0.2) is 0 Å². The van der Waals surface area contributed by atoms with Gasteiger partial charge in [0.1, 0.15) is 12.1 Å². The maximum absolute atomic E-state index is 12.5. The summed E-state index contributed by atoms with van der Waals surface area (Å²) in [6, 6.07) is -0.479. The first-order valence-corrected chi connectivity index (χ1v) is 6.70. The van der Waals surface area contributed by atoms with Gasteiger partial charge in [0.25, 0.3) is 0 Å². The Hall–Kier alpha value is -1.06. The third-order valence-electron chi connectivity index (χ3n) is 4.45. The fraction of sp³-hybridized carbons (Fsp3) is 0.846. The van der Waals surface area contributed by atoms with Crippen LogP contribution in [0.3, 0.4) is 0 Å². The molecule has 3 rings (SSSR count). The summed E-state index contributed by atoms with van der Waals surface area (Å²) in [4.78, 5) is 26.5. The van der Waals surface area contributed by atoms with Crippen LogP contribution in [0.25, 0.3) is 0 Å². The molecule has 0 aromatic carbocycles. The third-order valence-corrected chi connectivity index (χ3v) is 4.45. The average molecular weight is 236 g/mol. The van der Waals surface area contributed by atoms with Crippen LogP contribution in [0.2, 0.25) is 0 Å². The van der Waals surface area contributed by atoms with Crippen LogP contribution in [0.5, 0.6) is 0 Å². The topological polar surface area (TPSA) is 49.4 Å². The number of hydrogen-bond acceptors (Lipinski definition) is 2. The van der Waals surface area contributed by atoms with Gasteiger partial charge in [-0.2, -0.15) is 0 Å². The van der Waals surface area contributed by atoms with Crippen molar-refractivity contribution in [3.05, 3.63) is 0 Å². The van der Waals surface area contributed by atoms with Crippen LogP contribution >= 0.6 is 0 Å². The lowest BCUT2D eigenvalue weighted by atomic mass is 9.99. The molecule has 17 heavy (non-hydrogen) atoms. The molecule has 2 unspecified atom stereocenters. The summed E-state index contributed by atoms with van der Waals surface area (Å²) >= 11 is 0. The zero-order chi connectivity index (χ0) is 12.2. The summed E-state index contributed by atoms with van der Waals surface area (Å²) in [7, 11) is 0. The second-order valence-corrected chi connectivity index (χ2v) is 5.95. The summed E-state index contributed by atoms with van der Waals surface area (Å²) in [6.45, 7) is 4.09. The minimum atomic E-state index is -0.245. The van der Waals surface area contributed by atoms with Gasteiger partial charge in [0, 0.05) is 5.54 Å². The molecule has 0 bridgehead atoms. The molecule has 1 saturated heterocycles. The molecule has 2 atom stereocenters. The maximum atomic E-state index is 12.5. The first-order valence-electron chi connectivity index (χ1n) is 6.70. The van der Waals surface area contributed by atoms with Crippen molar-refractivity contribution in [3.8, 4) is 0 Å². The lowest BCUT2D eigenvalue weighted by Crippen LogP contribution is -2.66. The molecule has 1 N–H and O–H groups in total. The van der Waals surface area contributed by atoms with Crippen molar-refractivity contribution < 1.29 is 9.59 Å². The summed E-state index contributed by atoms with van der Waals surface area (Å²) in [5.74, 6) is 0.616. The lowest BCUT2D eigenvalue weighted by Gasteiger charge is -2.42.